The van der Waals surface area contributed by atoms with Crippen LogP contribution >= 0.6 is 11.7 Å². The molecule has 0 fully saturated rings. The van der Waals surface area contributed by atoms with Crippen LogP contribution in [0.4, 0.5) is 0 Å². The van der Waals surface area contributed by atoms with Crippen LogP contribution < -0.4 is 0 Å². The maximum absolute atomic E-state index is 10.1. The molecule has 4 heteroatoms. The molecule has 0 aliphatic heterocycles. The molecular formula is C13H10N2OS. The zero-order chi connectivity index (χ0) is 11.7. The standard InChI is InChI=1S/C13H10N2OS/c16-13(12-8-14-17-15-12)11-6-5-9-3-1-2-4-10(9)7-11/h1-8,13,16H. The molecule has 1 aromatic heterocycles. The molecule has 3 rings (SSSR count). The molecule has 17 heavy (non-hydrogen) atoms. The fourth-order valence-corrected chi connectivity index (χ4v) is 2.28. The third kappa shape index (κ3) is 1.92. The fraction of sp³-hybridized carbons (Fsp3) is 0.0769. The first kappa shape index (κ1) is 10.4. The quantitative estimate of drug-likeness (QED) is 0.751. The van der Waals surface area contributed by atoms with Crippen molar-refractivity contribution in [2.75, 3.05) is 0 Å². The maximum Gasteiger partial charge on any atom is 0.124 e. The summed E-state index contributed by atoms with van der Waals surface area (Å²) in [5.74, 6) is 0. The van der Waals surface area contributed by atoms with Gasteiger partial charge in [-0.25, -0.2) is 0 Å². The molecular weight excluding hydrogens is 232 g/mol. The van der Waals surface area contributed by atoms with Crippen molar-refractivity contribution in [1.29, 1.82) is 0 Å². The Morgan fingerprint density at radius 1 is 1.06 bits per heavy atom. The minimum atomic E-state index is -0.696. The number of aromatic nitrogens is 2. The lowest BCUT2D eigenvalue weighted by Crippen LogP contribution is -1.99. The van der Waals surface area contributed by atoms with Gasteiger partial charge in [-0.15, -0.1) is 0 Å². The third-order valence-corrected chi connectivity index (χ3v) is 3.24. The zero-order valence-electron chi connectivity index (χ0n) is 8.95. The summed E-state index contributed by atoms with van der Waals surface area (Å²) in [6, 6.07) is 14.0. The molecule has 3 nitrogen and oxygen atoms in total. The Bertz CT molecular complexity index is 637. The molecule has 1 N–H and O–H groups in total. The van der Waals surface area contributed by atoms with Crippen LogP contribution in [0.3, 0.4) is 0 Å². The van der Waals surface area contributed by atoms with Crippen LogP contribution in [0.25, 0.3) is 10.8 Å². The first-order chi connectivity index (χ1) is 8.34. The third-order valence-electron chi connectivity index (χ3n) is 2.75. The van der Waals surface area contributed by atoms with Crippen molar-refractivity contribution in [3.05, 3.63) is 59.9 Å². The molecule has 0 saturated heterocycles. The second-order valence-corrected chi connectivity index (χ2v) is 4.40. The van der Waals surface area contributed by atoms with Gasteiger partial charge in [0.15, 0.2) is 0 Å². The van der Waals surface area contributed by atoms with Gasteiger partial charge in [-0.1, -0.05) is 36.4 Å². The molecule has 0 aliphatic carbocycles. The van der Waals surface area contributed by atoms with Gasteiger partial charge in [0.05, 0.1) is 17.9 Å². The van der Waals surface area contributed by atoms with E-state index < -0.39 is 6.10 Å². The summed E-state index contributed by atoms with van der Waals surface area (Å²) in [5.41, 5.74) is 1.45. The van der Waals surface area contributed by atoms with E-state index in [2.05, 4.69) is 14.8 Å². The molecule has 1 heterocycles. The first-order valence-corrected chi connectivity index (χ1v) is 6.02. The first-order valence-electron chi connectivity index (χ1n) is 5.29. The van der Waals surface area contributed by atoms with E-state index in [0.29, 0.717) is 5.69 Å². The summed E-state index contributed by atoms with van der Waals surface area (Å²) in [7, 11) is 0. The van der Waals surface area contributed by atoms with Gasteiger partial charge < -0.3 is 5.11 Å². The molecule has 0 bridgehead atoms. The van der Waals surface area contributed by atoms with E-state index in [1.807, 2.05) is 36.4 Å². The summed E-state index contributed by atoms with van der Waals surface area (Å²) in [6.07, 6.45) is 0.906. The van der Waals surface area contributed by atoms with Crippen LogP contribution in [-0.2, 0) is 0 Å². The summed E-state index contributed by atoms with van der Waals surface area (Å²) in [6.45, 7) is 0. The van der Waals surface area contributed by atoms with E-state index in [0.717, 1.165) is 22.7 Å². The van der Waals surface area contributed by atoms with Crippen LogP contribution in [0.1, 0.15) is 17.4 Å². The molecule has 0 radical (unpaired) electrons. The number of hydrogen-bond acceptors (Lipinski definition) is 4. The predicted molar refractivity (Wildman–Crippen MR) is 67.9 cm³/mol. The van der Waals surface area contributed by atoms with E-state index in [-0.39, 0.29) is 0 Å². The van der Waals surface area contributed by atoms with Gasteiger partial charge in [0, 0.05) is 0 Å². The van der Waals surface area contributed by atoms with Crippen molar-refractivity contribution in [3.63, 3.8) is 0 Å². The molecule has 1 atom stereocenters. The topological polar surface area (TPSA) is 46.0 Å². The van der Waals surface area contributed by atoms with Crippen LogP contribution in [0.2, 0.25) is 0 Å². The second-order valence-electron chi connectivity index (χ2n) is 3.84. The Hall–Kier alpha value is -1.78. The smallest absolute Gasteiger partial charge is 0.124 e. The van der Waals surface area contributed by atoms with Crippen molar-refractivity contribution in [2.24, 2.45) is 0 Å². The number of aliphatic hydroxyl groups is 1. The molecule has 2 aromatic carbocycles. The fourth-order valence-electron chi connectivity index (χ4n) is 1.84. The largest absolute Gasteiger partial charge is 0.382 e. The SMILES string of the molecule is OC(c1ccc2ccccc2c1)c1cnsn1. The van der Waals surface area contributed by atoms with Gasteiger partial charge in [-0.3, -0.25) is 0 Å². The number of hydrogen-bond donors (Lipinski definition) is 1. The van der Waals surface area contributed by atoms with Gasteiger partial charge in [-0.05, 0) is 22.4 Å². The van der Waals surface area contributed by atoms with Crippen molar-refractivity contribution in [2.45, 2.75) is 6.10 Å². The zero-order valence-corrected chi connectivity index (χ0v) is 9.76. The minimum Gasteiger partial charge on any atom is -0.382 e. The molecule has 0 spiro atoms. The van der Waals surface area contributed by atoms with Gasteiger partial charge in [-0.2, -0.15) is 8.75 Å². The number of rotatable bonds is 2. The lowest BCUT2D eigenvalue weighted by atomic mass is 10.0. The Balaban J connectivity index is 2.06. The highest BCUT2D eigenvalue weighted by Crippen LogP contribution is 2.24. The predicted octanol–water partition coefficient (Wildman–Crippen LogP) is 2.77. The summed E-state index contributed by atoms with van der Waals surface area (Å²) in [5, 5.41) is 12.4. The lowest BCUT2D eigenvalue weighted by Gasteiger charge is -2.08. The summed E-state index contributed by atoms with van der Waals surface area (Å²) >= 11 is 1.11. The maximum atomic E-state index is 10.1. The molecule has 3 aromatic rings. The molecule has 0 aliphatic rings. The van der Waals surface area contributed by atoms with Crippen molar-refractivity contribution in [1.82, 2.24) is 8.75 Å². The minimum absolute atomic E-state index is 0.602. The normalized spacial score (nSPS) is 12.8. The number of benzene rings is 2. The van der Waals surface area contributed by atoms with E-state index in [1.165, 1.54) is 5.39 Å². The van der Waals surface area contributed by atoms with Crippen molar-refractivity contribution >= 4 is 22.5 Å². The van der Waals surface area contributed by atoms with Crippen LogP contribution in [0, 0.1) is 0 Å². The Kier molecular flexibility index (Phi) is 2.59. The second kappa shape index (κ2) is 4.24. The highest BCUT2D eigenvalue weighted by molar-refractivity contribution is 6.99. The van der Waals surface area contributed by atoms with Crippen LogP contribution in [0.5, 0.6) is 0 Å². The number of aliphatic hydroxyl groups excluding tert-OH is 1. The van der Waals surface area contributed by atoms with Gasteiger partial charge in [0.2, 0.25) is 0 Å². The monoisotopic (exact) mass is 242 g/mol. The van der Waals surface area contributed by atoms with E-state index in [9.17, 15) is 5.11 Å². The van der Waals surface area contributed by atoms with Crippen LogP contribution in [-0.4, -0.2) is 13.9 Å². The van der Waals surface area contributed by atoms with Crippen LogP contribution in [0.15, 0.2) is 48.7 Å². The summed E-state index contributed by atoms with van der Waals surface area (Å²) < 4.78 is 7.95. The average Bonchev–Trinajstić information content (AvgIpc) is 2.91. The highest BCUT2D eigenvalue weighted by Gasteiger charge is 2.13. The number of fused-ring (bicyclic) bond motifs is 1. The van der Waals surface area contributed by atoms with Gasteiger partial charge >= 0.3 is 0 Å². The molecule has 0 saturated carbocycles. The van der Waals surface area contributed by atoms with E-state index >= 15 is 0 Å². The van der Waals surface area contributed by atoms with Gasteiger partial charge in [0.25, 0.3) is 0 Å². The van der Waals surface area contributed by atoms with Crippen molar-refractivity contribution < 1.29 is 5.11 Å². The van der Waals surface area contributed by atoms with Gasteiger partial charge in [0.1, 0.15) is 11.8 Å². The molecule has 84 valence electrons. The number of nitrogens with zero attached hydrogens (tertiary/aromatic N) is 2. The molecule has 0 amide bonds. The Labute approximate surface area is 103 Å². The van der Waals surface area contributed by atoms with Crippen molar-refractivity contribution in [3.8, 4) is 0 Å². The Morgan fingerprint density at radius 2 is 1.88 bits per heavy atom. The Morgan fingerprint density at radius 3 is 2.65 bits per heavy atom. The van der Waals surface area contributed by atoms with E-state index in [1.54, 1.807) is 6.20 Å². The molecule has 1 unspecified atom stereocenters. The summed E-state index contributed by atoms with van der Waals surface area (Å²) in [4.78, 5) is 0. The van der Waals surface area contributed by atoms with E-state index in [4.69, 9.17) is 0 Å². The highest BCUT2D eigenvalue weighted by atomic mass is 32.1. The lowest BCUT2D eigenvalue weighted by molar-refractivity contribution is 0.216. The average molecular weight is 242 g/mol.